The van der Waals surface area contributed by atoms with Crippen molar-refractivity contribution in [3.05, 3.63) is 46.2 Å². The lowest BCUT2D eigenvalue weighted by Crippen LogP contribution is -2.03. The molecule has 0 fully saturated rings. The molecule has 0 unspecified atom stereocenters. The largest absolute Gasteiger partial charge is 0.490 e. The normalized spacial score (nSPS) is 10.4. The van der Waals surface area contributed by atoms with Gasteiger partial charge < -0.3 is 14.6 Å². The number of rotatable bonds is 7. The Morgan fingerprint density at radius 2 is 2.05 bits per heavy atom. The van der Waals surface area contributed by atoms with E-state index in [-0.39, 0.29) is 6.61 Å². The van der Waals surface area contributed by atoms with Gasteiger partial charge in [0.15, 0.2) is 11.5 Å². The van der Waals surface area contributed by atoms with Crippen LogP contribution >= 0.6 is 11.3 Å². The number of ether oxygens (including phenoxy) is 2. The summed E-state index contributed by atoms with van der Waals surface area (Å²) >= 11 is 1.73. The van der Waals surface area contributed by atoms with E-state index in [0.717, 1.165) is 17.7 Å². The first-order valence-electron chi connectivity index (χ1n) is 6.35. The van der Waals surface area contributed by atoms with Gasteiger partial charge in [-0.1, -0.05) is 12.1 Å². The number of hydrogen-bond donors (Lipinski definition) is 1. The molecule has 2 aromatic rings. The van der Waals surface area contributed by atoms with Crippen LogP contribution in [0.5, 0.6) is 11.5 Å². The van der Waals surface area contributed by atoms with Crippen molar-refractivity contribution in [2.24, 2.45) is 0 Å². The molecule has 19 heavy (non-hydrogen) atoms. The molecule has 1 heterocycles. The van der Waals surface area contributed by atoms with Crippen molar-refractivity contribution in [3.63, 3.8) is 0 Å². The van der Waals surface area contributed by atoms with Crippen LogP contribution < -0.4 is 9.47 Å². The van der Waals surface area contributed by atoms with Gasteiger partial charge in [-0.25, -0.2) is 0 Å². The van der Waals surface area contributed by atoms with E-state index in [1.807, 2.05) is 31.2 Å². The number of aliphatic hydroxyl groups excluding tert-OH is 1. The lowest BCUT2D eigenvalue weighted by Gasteiger charge is -2.12. The van der Waals surface area contributed by atoms with Crippen LogP contribution in [0.15, 0.2) is 35.7 Å². The molecule has 0 aliphatic rings. The molecule has 2 rings (SSSR count). The summed E-state index contributed by atoms with van der Waals surface area (Å²) in [4.78, 5) is 1.31. The van der Waals surface area contributed by atoms with Gasteiger partial charge in [0.05, 0.1) is 19.8 Å². The predicted octanol–water partition coefficient (Wildman–Crippen LogP) is 3.26. The van der Waals surface area contributed by atoms with Gasteiger partial charge in [0.1, 0.15) is 0 Å². The molecule has 0 radical (unpaired) electrons. The first-order valence-corrected chi connectivity index (χ1v) is 7.23. The molecule has 1 aromatic carbocycles. The Kier molecular flexibility index (Phi) is 5.24. The van der Waals surface area contributed by atoms with Gasteiger partial charge in [-0.3, -0.25) is 0 Å². The van der Waals surface area contributed by atoms with E-state index in [2.05, 4.69) is 11.4 Å². The van der Waals surface area contributed by atoms with Gasteiger partial charge in [-0.2, -0.15) is 0 Å². The average Bonchev–Trinajstić information content (AvgIpc) is 2.94. The summed E-state index contributed by atoms with van der Waals surface area (Å²) in [5.74, 6) is 1.43. The molecule has 0 aliphatic carbocycles. The first-order chi connectivity index (χ1) is 9.33. The maximum Gasteiger partial charge on any atom is 0.161 e. The quantitative estimate of drug-likeness (QED) is 0.845. The fourth-order valence-electron chi connectivity index (χ4n) is 1.75. The van der Waals surface area contributed by atoms with Crippen molar-refractivity contribution in [1.82, 2.24) is 0 Å². The molecular formula is C15H18O3S. The van der Waals surface area contributed by atoms with Gasteiger partial charge in [0.2, 0.25) is 0 Å². The van der Waals surface area contributed by atoms with Crippen LogP contribution in [0.1, 0.15) is 17.4 Å². The molecular weight excluding hydrogens is 260 g/mol. The standard InChI is InChI=1S/C15H18O3S/c1-2-17-15-10-12(11-16)5-6-14(15)18-8-7-13-4-3-9-19-13/h3-6,9-10,16H,2,7-8,11H2,1H3. The van der Waals surface area contributed by atoms with Crippen molar-refractivity contribution < 1.29 is 14.6 Å². The minimum absolute atomic E-state index is 0.00947. The van der Waals surface area contributed by atoms with Crippen molar-refractivity contribution in [2.45, 2.75) is 20.0 Å². The maximum absolute atomic E-state index is 9.13. The number of hydrogen-bond acceptors (Lipinski definition) is 4. The van der Waals surface area contributed by atoms with Gasteiger partial charge >= 0.3 is 0 Å². The van der Waals surface area contributed by atoms with Crippen molar-refractivity contribution in [2.75, 3.05) is 13.2 Å². The van der Waals surface area contributed by atoms with Gasteiger partial charge in [0, 0.05) is 11.3 Å². The van der Waals surface area contributed by atoms with Crippen molar-refractivity contribution >= 4 is 11.3 Å². The molecule has 0 atom stereocenters. The highest BCUT2D eigenvalue weighted by Gasteiger charge is 2.06. The molecule has 0 saturated carbocycles. The molecule has 4 heteroatoms. The molecule has 0 saturated heterocycles. The zero-order valence-electron chi connectivity index (χ0n) is 11.0. The molecule has 1 aromatic heterocycles. The Balaban J connectivity index is 1.98. The second-order valence-corrected chi connectivity index (χ2v) is 5.08. The third-order valence-corrected chi connectivity index (χ3v) is 3.61. The summed E-state index contributed by atoms with van der Waals surface area (Å²) in [5, 5.41) is 11.2. The molecule has 102 valence electrons. The van der Waals surface area contributed by atoms with E-state index in [0.29, 0.717) is 19.0 Å². The fraction of sp³-hybridized carbons (Fsp3) is 0.333. The summed E-state index contributed by atoms with van der Waals surface area (Å²) in [6.07, 6.45) is 0.894. The summed E-state index contributed by atoms with van der Waals surface area (Å²) in [6.45, 7) is 3.14. The lowest BCUT2D eigenvalue weighted by molar-refractivity contribution is 0.270. The third-order valence-electron chi connectivity index (χ3n) is 2.68. The zero-order valence-corrected chi connectivity index (χ0v) is 11.8. The minimum Gasteiger partial charge on any atom is -0.490 e. The Bertz CT molecular complexity index is 494. The topological polar surface area (TPSA) is 38.7 Å². The fourth-order valence-corrected chi connectivity index (χ4v) is 2.45. The van der Waals surface area contributed by atoms with Crippen LogP contribution in [0.25, 0.3) is 0 Å². The molecule has 0 amide bonds. The highest BCUT2D eigenvalue weighted by atomic mass is 32.1. The molecule has 0 aliphatic heterocycles. The van der Waals surface area contributed by atoms with Crippen LogP contribution in [0.2, 0.25) is 0 Å². The van der Waals surface area contributed by atoms with Gasteiger partial charge in [0.25, 0.3) is 0 Å². The summed E-state index contributed by atoms with van der Waals surface area (Å²) in [7, 11) is 0. The summed E-state index contributed by atoms with van der Waals surface area (Å²) in [6, 6.07) is 9.67. The second-order valence-electron chi connectivity index (χ2n) is 4.05. The van der Waals surface area contributed by atoms with E-state index in [1.54, 1.807) is 11.3 Å². The van der Waals surface area contributed by atoms with E-state index >= 15 is 0 Å². The van der Waals surface area contributed by atoms with Crippen molar-refractivity contribution in [1.29, 1.82) is 0 Å². The Labute approximate surface area is 117 Å². The molecule has 3 nitrogen and oxygen atoms in total. The van der Waals surface area contributed by atoms with Crippen LogP contribution in [-0.4, -0.2) is 18.3 Å². The molecule has 1 N–H and O–H groups in total. The van der Waals surface area contributed by atoms with Crippen LogP contribution in [-0.2, 0) is 13.0 Å². The van der Waals surface area contributed by atoms with Gasteiger partial charge in [-0.05, 0) is 36.1 Å². The summed E-state index contributed by atoms with van der Waals surface area (Å²) in [5.41, 5.74) is 0.828. The van der Waals surface area contributed by atoms with E-state index < -0.39 is 0 Å². The van der Waals surface area contributed by atoms with Crippen LogP contribution in [0.3, 0.4) is 0 Å². The minimum atomic E-state index is 0.00947. The van der Waals surface area contributed by atoms with Gasteiger partial charge in [-0.15, -0.1) is 11.3 Å². The van der Waals surface area contributed by atoms with E-state index in [4.69, 9.17) is 14.6 Å². The first kappa shape index (κ1) is 13.9. The number of benzene rings is 1. The summed E-state index contributed by atoms with van der Waals surface area (Å²) < 4.78 is 11.3. The van der Waals surface area contributed by atoms with Crippen molar-refractivity contribution in [3.8, 4) is 11.5 Å². The smallest absolute Gasteiger partial charge is 0.161 e. The monoisotopic (exact) mass is 278 g/mol. The second kappa shape index (κ2) is 7.16. The molecule has 0 spiro atoms. The Morgan fingerprint density at radius 1 is 1.16 bits per heavy atom. The highest BCUT2D eigenvalue weighted by Crippen LogP contribution is 2.28. The zero-order chi connectivity index (χ0) is 13.5. The van der Waals surface area contributed by atoms with E-state index in [9.17, 15) is 0 Å². The number of thiophene rings is 1. The third kappa shape index (κ3) is 3.98. The predicted molar refractivity (Wildman–Crippen MR) is 77.1 cm³/mol. The Hall–Kier alpha value is -1.52. The SMILES string of the molecule is CCOc1cc(CO)ccc1OCCc1cccs1. The number of aliphatic hydroxyl groups is 1. The van der Waals surface area contributed by atoms with Crippen LogP contribution in [0.4, 0.5) is 0 Å². The molecule has 0 bridgehead atoms. The maximum atomic E-state index is 9.13. The van der Waals surface area contributed by atoms with Crippen LogP contribution in [0, 0.1) is 0 Å². The van der Waals surface area contributed by atoms with E-state index in [1.165, 1.54) is 4.88 Å². The average molecular weight is 278 g/mol. The lowest BCUT2D eigenvalue weighted by atomic mass is 10.2. The highest BCUT2D eigenvalue weighted by molar-refractivity contribution is 7.09. The Morgan fingerprint density at radius 3 is 2.74 bits per heavy atom.